The highest BCUT2D eigenvalue weighted by atomic mass is 32.2. The van der Waals surface area contributed by atoms with Crippen LogP contribution in [0.5, 0.6) is 0 Å². The van der Waals surface area contributed by atoms with Gasteiger partial charge in [-0.25, -0.2) is 13.2 Å². The van der Waals surface area contributed by atoms with Crippen LogP contribution in [0.4, 0.5) is 18.0 Å². The number of alkyl halides is 3. The van der Waals surface area contributed by atoms with Gasteiger partial charge in [-0.2, -0.15) is 17.5 Å². The first-order valence-electron chi connectivity index (χ1n) is 10.6. The Kier molecular flexibility index (Phi) is 7.78. The van der Waals surface area contributed by atoms with E-state index in [0.29, 0.717) is 6.07 Å². The zero-order valence-electron chi connectivity index (χ0n) is 17.5. The largest absolute Gasteiger partial charge is 0.416 e. The van der Waals surface area contributed by atoms with Crippen LogP contribution in [0.2, 0.25) is 0 Å². The van der Waals surface area contributed by atoms with Gasteiger partial charge in [0.05, 0.1) is 17.0 Å². The van der Waals surface area contributed by atoms with Gasteiger partial charge in [0, 0.05) is 32.2 Å². The Hall–Kier alpha value is -2.18. The number of sulfonamides is 1. The van der Waals surface area contributed by atoms with Gasteiger partial charge in [-0.15, -0.1) is 0 Å². The van der Waals surface area contributed by atoms with E-state index >= 15 is 0 Å². The van der Waals surface area contributed by atoms with Crippen molar-refractivity contribution < 1.29 is 31.2 Å². The van der Waals surface area contributed by atoms with Crippen LogP contribution >= 0.6 is 0 Å². The van der Waals surface area contributed by atoms with E-state index in [1.54, 1.807) is 4.90 Å². The summed E-state index contributed by atoms with van der Waals surface area (Å²) in [5.41, 5.74) is -1.03. The minimum atomic E-state index is -4.64. The molecule has 0 radical (unpaired) electrons. The van der Waals surface area contributed by atoms with Crippen molar-refractivity contribution in [2.45, 2.75) is 49.2 Å². The summed E-state index contributed by atoms with van der Waals surface area (Å²) in [6.07, 6.45) is 0.391. The normalized spacial score (nSPS) is 19.5. The molecule has 8 nitrogen and oxygen atoms in total. The molecule has 178 valence electrons. The summed E-state index contributed by atoms with van der Waals surface area (Å²) >= 11 is 0. The fourth-order valence-electron chi connectivity index (χ4n) is 3.95. The van der Waals surface area contributed by atoms with Gasteiger partial charge < -0.3 is 5.32 Å². The molecule has 2 aliphatic rings. The highest BCUT2D eigenvalue weighted by Gasteiger charge is 2.34. The molecule has 32 heavy (non-hydrogen) atoms. The van der Waals surface area contributed by atoms with Crippen LogP contribution in [0.3, 0.4) is 0 Å². The molecular formula is C20H27F3N4O4S. The Morgan fingerprint density at radius 2 is 1.69 bits per heavy atom. The number of nitrogens with one attached hydrogen (secondary N) is 2. The second-order valence-electron chi connectivity index (χ2n) is 8.06. The minimum Gasteiger partial charge on any atom is -0.335 e. The Balaban J connectivity index is 1.49. The summed E-state index contributed by atoms with van der Waals surface area (Å²) in [7, 11) is -4.09. The lowest BCUT2D eigenvalue weighted by atomic mass is 9.96. The van der Waals surface area contributed by atoms with E-state index < -0.39 is 38.6 Å². The van der Waals surface area contributed by atoms with E-state index in [9.17, 15) is 31.2 Å². The van der Waals surface area contributed by atoms with E-state index in [-0.39, 0.29) is 38.8 Å². The van der Waals surface area contributed by atoms with Gasteiger partial charge >= 0.3 is 12.2 Å². The van der Waals surface area contributed by atoms with Gasteiger partial charge in [0.2, 0.25) is 15.9 Å². The molecule has 12 heteroatoms. The number of rotatable bonds is 5. The summed E-state index contributed by atoms with van der Waals surface area (Å²) in [5.74, 6) is -0.493. The van der Waals surface area contributed by atoms with Crippen LogP contribution in [0.1, 0.15) is 37.7 Å². The summed E-state index contributed by atoms with van der Waals surface area (Å²) in [6, 6.07) is 3.18. The Labute approximate surface area is 185 Å². The molecule has 1 aromatic carbocycles. The minimum absolute atomic E-state index is 0.0279. The van der Waals surface area contributed by atoms with Crippen molar-refractivity contribution in [3.63, 3.8) is 0 Å². The topological polar surface area (TPSA) is 98.8 Å². The van der Waals surface area contributed by atoms with Crippen LogP contribution in [-0.2, 0) is 21.0 Å². The number of piperazine rings is 1. The van der Waals surface area contributed by atoms with Crippen LogP contribution in [-0.4, -0.2) is 68.3 Å². The van der Waals surface area contributed by atoms with Crippen LogP contribution < -0.4 is 10.6 Å². The smallest absolute Gasteiger partial charge is 0.335 e. The molecular weight excluding hydrogens is 449 g/mol. The zero-order chi connectivity index (χ0) is 23.4. The number of carbonyl (C=O) groups excluding carboxylic acids is 2. The SMILES string of the molecule is O=C(CN1CCN(S(=O)(=O)c2cccc(C(F)(F)F)c2)CC1)NC(=O)NC1CCCCC1. The summed E-state index contributed by atoms with van der Waals surface area (Å²) in [6.45, 7) is 0.418. The second-order valence-corrected chi connectivity index (χ2v) is 10.0. The molecule has 0 spiro atoms. The molecule has 1 aliphatic carbocycles. The summed E-state index contributed by atoms with van der Waals surface area (Å²) in [4.78, 5) is 25.4. The molecule has 3 amide bonds. The third-order valence-electron chi connectivity index (χ3n) is 5.69. The van der Waals surface area contributed by atoms with Gasteiger partial charge in [-0.3, -0.25) is 15.0 Å². The van der Waals surface area contributed by atoms with Crippen molar-refractivity contribution in [2.24, 2.45) is 0 Å². The van der Waals surface area contributed by atoms with Crippen LogP contribution in [0.15, 0.2) is 29.2 Å². The Morgan fingerprint density at radius 3 is 2.31 bits per heavy atom. The van der Waals surface area contributed by atoms with Crippen LogP contribution in [0.25, 0.3) is 0 Å². The van der Waals surface area contributed by atoms with Crippen molar-refractivity contribution in [3.8, 4) is 0 Å². The molecule has 1 saturated carbocycles. The maximum absolute atomic E-state index is 12.9. The van der Waals surface area contributed by atoms with Crippen molar-refractivity contribution >= 4 is 22.0 Å². The second kappa shape index (κ2) is 10.2. The first-order chi connectivity index (χ1) is 15.1. The fraction of sp³-hybridized carbons (Fsp3) is 0.600. The highest BCUT2D eigenvalue weighted by Crippen LogP contribution is 2.31. The predicted molar refractivity (Wildman–Crippen MR) is 110 cm³/mol. The Bertz CT molecular complexity index is 925. The average molecular weight is 477 g/mol. The van der Waals surface area contributed by atoms with E-state index in [1.165, 1.54) is 0 Å². The monoisotopic (exact) mass is 476 g/mol. The maximum Gasteiger partial charge on any atom is 0.416 e. The number of amides is 3. The molecule has 0 aromatic heterocycles. The molecule has 1 heterocycles. The van der Waals surface area contributed by atoms with Gasteiger partial charge in [0.15, 0.2) is 0 Å². The predicted octanol–water partition coefficient (Wildman–Crippen LogP) is 2.17. The third kappa shape index (κ3) is 6.42. The number of halogens is 3. The first-order valence-corrected chi connectivity index (χ1v) is 12.0. The van der Waals surface area contributed by atoms with Gasteiger partial charge in [-0.05, 0) is 31.0 Å². The number of urea groups is 1. The summed E-state index contributed by atoms with van der Waals surface area (Å²) in [5, 5.41) is 5.08. The molecule has 0 bridgehead atoms. The molecule has 0 unspecified atom stereocenters. The number of benzene rings is 1. The van der Waals surface area contributed by atoms with Crippen molar-refractivity contribution in [2.75, 3.05) is 32.7 Å². The first kappa shape index (κ1) is 24.5. The van der Waals surface area contributed by atoms with Gasteiger partial charge in [0.1, 0.15) is 0 Å². The quantitative estimate of drug-likeness (QED) is 0.679. The average Bonchev–Trinajstić information content (AvgIpc) is 2.74. The van der Waals surface area contributed by atoms with Crippen molar-refractivity contribution in [1.29, 1.82) is 0 Å². The van der Waals surface area contributed by atoms with Crippen molar-refractivity contribution in [1.82, 2.24) is 19.8 Å². The lowest BCUT2D eigenvalue weighted by molar-refractivity contribution is -0.137. The molecule has 0 atom stereocenters. The lowest BCUT2D eigenvalue weighted by Crippen LogP contribution is -2.52. The number of nitrogens with zero attached hydrogens (tertiary/aromatic N) is 2. The molecule has 1 saturated heterocycles. The van der Waals surface area contributed by atoms with Gasteiger partial charge in [-0.1, -0.05) is 25.3 Å². The zero-order valence-corrected chi connectivity index (χ0v) is 18.3. The maximum atomic E-state index is 12.9. The molecule has 3 rings (SSSR count). The van der Waals surface area contributed by atoms with E-state index in [4.69, 9.17) is 0 Å². The Morgan fingerprint density at radius 1 is 1.03 bits per heavy atom. The number of imide groups is 1. The summed E-state index contributed by atoms with van der Waals surface area (Å²) < 4.78 is 65.3. The van der Waals surface area contributed by atoms with Crippen LogP contribution in [0, 0.1) is 0 Å². The number of hydrogen-bond donors (Lipinski definition) is 2. The third-order valence-corrected chi connectivity index (χ3v) is 7.59. The molecule has 2 N–H and O–H groups in total. The van der Waals surface area contributed by atoms with Gasteiger partial charge in [0.25, 0.3) is 0 Å². The molecule has 1 aliphatic heterocycles. The molecule has 1 aromatic rings. The lowest BCUT2D eigenvalue weighted by Gasteiger charge is -2.33. The van der Waals surface area contributed by atoms with E-state index in [1.807, 2.05) is 0 Å². The number of carbonyl (C=O) groups is 2. The van der Waals surface area contributed by atoms with Crippen molar-refractivity contribution in [3.05, 3.63) is 29.8 Å². The highest BCUT2D eigenvalue weighted by molar-refractivity contribution is 7.89. The fourth-order valence-corrected chi connectivity index (χ4v) is 5.42. The molecule has 2 fully saturated rings. The van der Waals surface area contributed by atoms with E-state index in [2.05, 4.69) is 10.6 Å². The standard InChI is InChI=1S/C20H27F3N4O4S/c21-20(22,23)15-5-4-8-17(13-15)32(30,31)27-11-9-26(10-12-27)14-18(28)25-19(29)24-16-6-2-1-3-7-16/h4-5,8,13,16H,1-3,6-7,9-12,14H2,(H2,24,25,28,29). The number of hydrogen-bond acceptors (Lipinski definition) is 5. The van der Waals surface area contributed by atoms with E-state index in [0.717, 1.165) is 54.6 Å².